The quantitative estimate of drug-likeness (QED) is 0.716. The summed E-state index contributed by atoms with van der Waals surface area (Å²) in [6.07, 6.45) is 1.83. The van der Waals surface area contributed by atoms with Crippen molar-refractivity contribution in [3.63, 3.8) is 0 Å². The molecule has 5 nitrogen and oxygen atoms in total. The number of nitrogens with one attached hydrogen (secondary N) is 3. The van der Waals surface area contributed by atoms with E-state index in [2.05, 4.69) is 47.4 Å². The fraction of sp³-hybridized carbons (Fsp3) is 0.381. The molecule has 138 valence electrons. The van der Waals surface area contributed by atoms with Gasteiger partial charge < -0.3 is 10.1 Å². The van der Waals surface area contributed by atoms with Crippen LogP contribution in [0.15, 0.2) is 54.6 Å². The van der Waals surface area contributed by atoms with Gasteiger partial charge in [-0.3, -0.25) is 10.2 Å². The van der Waals surface area contributed by atoms with Crippen LogP contribution in [0.5, 0.6) is 5.75 Å². The Morgan fingerprint density at radius 1 is 1.19 bits per heavy atom. The predicted molar refractivity (Wildman–Crippen MR) is 103 cm³/mol. The topological polar surface area (TPSA) is 62.4 Å². The zero-order valence-electron chi connectivity index (χ0n) is 15.4. The SMILES string of the molecule is COc1ccc(CCC(C)NC(=O)C2CNNC2c2ccccc2)cc1. The van der Waals surface area contributed by atoms with Crippen molar-refractivity contribution >= 4 is 5.91 Å². The van der Waals surface area contributed by atoms with E-state index < -0.39 is 0 Å². The number of carbonyl (C=O) groups is 1. The van der Waals surface area contributed by atoms with E-state index in [-0.39, 0.29) is 23.9 Å². The fourth-order valence-corrected chi connectivity index (χ4v) is 3.31. The smallest absolute Gasteiger partial charge is 0.226 e. The number of aryl methyl sites for hydroxylation is 1. The van der Waals surface area contributed by atoms with E-state index in [9.17, 15) is 4.79 Å². The average Bonchev–Trinajstić information content (AvgIpc) is 3.17. The maximum atomic E-state index is 12.7. The lowest BCUT2D eigenvalue weighted by atomic mass is 9.94. The van der Waals surface area contributed by atoms with E-state index in [0.717, 1.165) is 24.2 Å². The van der Waals surface area contributed by atoms with Crippen LogP contribution in [0, 0.1) is 5.92 Å². The second kappa shape index (κ2) is 8.83. The second-order valence-corrected chi connectivity index (χ2v) is 6.82. The van der Waals surface area contributed by atoms with Gasteiger partial charge in [0.15, 0.2) is 0 Å². The highest BCUT2D eigenvalue weighted by Crippen LogP contribution is 2.25. The van der Waals surface area contributed by atoms with Crippen LogP contribution >= 0.6 is 0 Å². The van der Waals surface area contributed by atoms with Crippen molar-refractivity contribution in [1.82, 2.24) is 16.2 Å². The van der Waals surface area contributed by atoms with Crippen LogP contribution in [-0.2, 0) is 11.2 Å². The molecule has 1 aliphatic heterocycles. The molecule has 3 atom stereocenters. The minimum absolute atomic E-state index is 0.00462. The zero-order valence-corrected chi connectivity index (χ0v) is 15.4. The summed E-state index contributed by atoms with van der Waals surface area (Å²) in [5, 5.41) is 3.17. The molecule has 1 saturated heterocycles. The number of amides is 1. The third kappa shape index (κ3) is 4.62. The maximum Gasteiger partial charge on any atom is 0.226 e. The van der Waals surface area contributed by atoms with Crippen molar-refractivity contribution in [3.8, 4) is 5.75 Å². The van der Waals surface area contributed by atoms with Gasteiger partial charge in [0, 0.05) is 12.6 Å². The molecule has 2 aromatic carbocycles. The van der Waals surface area contributed by atoms with Crippen LogP contribution in [0.2, 0.25) is 0 Å². The summed E-state index contributed by atoms with van der Waals surface area (Å²) in [4.78, 5) is 12.7. The van der Waals surface area contributed by atoms with Gasteiger partial charge in [0.2, 0.25) is 5.91 Å². The Morgan fingerprint density at radius 2 is 1.92 bits per heavy atom. The van der Waals surface area contributed by atoms with Gasteiger partial charge in [0.25, 0.3) is 0 Å². The monoisotopic (exact) mass is 353 g/mol. The Hall–Kier alpha value is -2.37. The van der Waals surface area contributed by atoms with Gasteiger partial charge >= 0.3 is 0 Å². The van der Waals surface area contributed by atoms with Gasteiger partial charge in [-0.05, 0) is 43.0 Å². The minimum Gasteiger partial charge on any atom is -0.497 e. The van der Waals surface area contributed by atoms with Crippen molar-refractivity contribution in [3.05, 3.63) is 65.7 Å². The van der Waals surface area contributed by atoms with Crippen molar-refractivity contribution in [2.75, 3.05) is 13.7 Å². The van der Waals surface area contributed by atoms with E-state index in [1.54, 1.807) is 7.11 Å². The molecule has 0 radical (unpaired) electrons. The van der Waals surface area contributed by atoms with E-state index in [0.29, 0.717) is 6.54 Å². The van der Waals surface area contributed by atoms with Crippen LogP contribution in [0.1, 0.15) is 30.5 Å². The molecule has 3 unspecified atom stereocenters. The molecule has 1 heterocycles. The summed E-state index contributed by atoms with van der Waals surface area (Å²) in [7, 11) is 1.67. The molecule has 0 spiro atoms. The Bertz CT molecular complexity index is 703. The molecule has 5 heteroatoms. The molecule has 1 fully saturated rings. The van der Waals surface area contributed by atoms with Crippen LogP contribution in [0.3, 0.4) is 0 Å². The molecule has 0 aromatic heterocycles. The lowest BCUT2D eigenvalue weighted by molar-refractivity contribution is -0.125. The van der Waals surface area contributed by atoms with E-state index in [1.807, 2.05) is 30.3 Å². The Morgan fingerprint density at radius 3 is 2.62 bits per heavy atom. The summed E-state index contributed by atoms with van der Waals surface area (Å²) in [5.74, 6) is 0.850. The van der Waals surface area contributed by atoms with Gasteiger partial charge in [-0.1, -0.05) is 42.5 Å². The van der Waals surface area contributed by atoms with Gasteiger partial charge in [0.05, 0.1) is 19.1 Å². The normalized spacial score (nSPS) is 20.5. The summed E-state index contributed by atoms with van der Waals surface area (Å²) >= 11 is 0. The number of hydrogen-bond donors (Lipinski definition) is 3. The number of methoxy groups -OCH3 is 1. The number of hydrazine groups is 1. The van der Waals surface area contributed by atoms with Crippen molar-refractivity contribution in [2.45, 2.75) is 31.8 Å². The molecular formula is C21H27N3O2. The molecule has 1 aliphatic rings. The lowest BCUT2D eigenvalue weighted by Crippen LogP contribution is -2.40. The Kier molecular flexibility index (Phi) is 6.26. The first-order valence-electron chi connectivity index (χ1n) is 9.14. The Balaban J connectivity index is 1.51. The van der Waals surface area contributed by atoms with E-state index in [1.165, 1.54) is 5.56 Å². The largest absolute Gasteiger partial charge is 0.497 e. The highest BCUT2D eigenvalue weighted by Gasteiger charge is 2.34. The van der Waals surface area contributed by atoms with E-state index >= 15 is 0 Å². The van der Waals surface area contributed by atoms with Gasteiger partial charge in [-0.25, -0.2) is 5.43 Å². The average molecular weight is 353 g/mol. The third-order valence-electron chi connectivity index (χ3n) is 4.89. The molecule has 0 aliphatic carbocycles. The summed E-state index contributed by atoms with van der Waals surface area (Å²) in [6, 6.07) is 18.3. The van der Waals surface area contributed by atoms with Crippen LogP contribution in [0.4, 0.5) is 0 Å². The van der Waals surface area contributed by atoms with Crippen molar-refractivity contribution in [2.24, 2.45) is 5.92 Å². The zero-order chi connectivity index (χ0) is 18.4. The fourth-order valence-electron chi connectivity index (χ4n) is 3.31. The number of rotatable bonds is 7. The summed E-state index contributed by atoms with van der Waals surface area (Å²) in [5.41, 5.74) is 8.72. The van der Waals surface area contributed by atoms with Gasteiger partial charge in [0.1, 0.15) is 5.75 Å². The Labute approximate surface area is 155 Å². The first-order chi connectivity index (χ1) is 12.7. The first kappa shape index (κ1) is 18.4. The second-order valence-electron chi connectivity index (χ2n) is 6.82. The predicted octanol–water partition coefficient (Wildman–Crippen LogP) is 2.60. The molecule has 0 bridgehead atoms. The molecule has 3 N–H and O–H groups in total. The first-order valence-corrected chi connectivity index (χ1v) is 9.14. The van der Waals surface area contributed by atoms with Gasteiger partial charge in [-0.15, -0.1) is 0 Å². The van der Waals surface area contributed by atoms with E-state index in [4.69, 9.17) is 4.74 Å². The maximum absolute atomic E-state index is 12.7. The van der Waals surface area contributed by atoms with Crippen molar-refractivity contribution < 1.29 is 9.53 Å². The third-order valence-corrected chi connectivity index (χ3v) is 4.89. The highest BCUT2D eigenvalue weighted by molar-refractivity contribution is 5.80. The number of carbonyl (C=O) groups excluding carboxylic acids is 1. The highest BCUT2D eigenvalue weighted by atomic mass is 16.5. The molecule has 26 heavy (non-hydrogen) atoms. The standard InChI is InChI=1S/C21H27N3O2/c1-15(8-9-16-10-12-18(26-2)13-11-16)23-21(25)19-14-22-24-20(19)17-6-4-3-5-7-17/h3-7,10-13,15,19-20,22,24H,8-9,14H2,1-2H3,(H,23,25). The number of hydrogen-bond acceptors (Lipinski definition) is 4. The molecule has 1 amide bonds. The molecule has 2 aromatic rings. The number of benzene rings is 2. The summed E-state index contributed by atoms with van der Waals surface area (Å²) in [6.45, 7) is 2.70. The summed E-state index contributed by atoms with van der Waals surface area (Å²) < 4.78 is 5.18. The number of ether oxygens (including phenoxy) is 1. The van der Waals surface area contributed by atoms with Crippen molar-refractivity contribution in [1.29, 1.82) is 0 Å². The molecule has 3 rings (SSSR count). The van der Waals surface area contributed by atoms with Gasteiger partial charge in [-0.2, -0.15) is 0 Å². The van der Waals surface area contributed by atoms with Crippen LogP contribution in [0.25, 0.3) is 0 Å². The van der Waals surface area contributed by atoms with Crippen LogP contribution in [-0.4, -0.2) is 25.6 Å². The molecule has 0 saturated carbocycles. The molecular weight excluding hydrogens is 326 g/mol. The minimum atomic E-state index is -0.110. The lowest BCUT2D eigenvalue weighted by Gasteiger charge is -2.21. The van der Waals surface area contributed by atoms with Crippen LogP contribution < -0.4 is 20.9 Å².